The first-order chi connectivity index (χ1) is 10.1. The van der Waals surface area contributed by atoms with E-state index in [-0.39, 0.29) is 24.1 Å². The highest BCUT2D eigenvalue weighted by atomic mass is 79.9. The number of Topliss-reactive ketones (excluding diaryl/α,β-unsaturated/α-hetero) is 1. The number of hydrogen-bond acceptors (Lipinski definition) is 2. The number of carbonyl (C=O) groups is 1. The van der Waals surface area contributed by atoms with Crippen molar-refractivity contribution in [3.63, 3.8) is 0 Å². The van der Waals surface area contributed by atoms with Crippen LogP contribution in [0, 0.1) is 5.82 Å². The molecule has 1 aliphatic heterocycles. The molecule has 3 rings (SSSR count). The average molecular weight is 348 g/mol. The summed E-state index contributed by atoms with van der Waals surface area (Å²) in [6, 6.07) is 12.7. The van der Waals surface area contributed by atoms with E-state index in [0.717, 1.165) is 0 Å². The summed E-state index contributed by atoms with van der Waals surface area (Å²) in [6.45, 7) is 0.690. The summed E-state index contributed by atoms with van der Waals surface area (Å²) in [5.74, 6) is -0.306. The summed E-state index contributed by atoms with van der Waals surface area (Å²) in [6.07, 6.45) is 0.798. The molecule has 1 unspecified atom stereocenters. The van der Waals surface area contributed by atoms with Crippen molar-refractivity contribution in [2.24, 2.45) is 0 Å². The molecule has 1 heterocycles. The molecule has 0 saturated heterocycles. The average Bonchev–Trinajstić information content (AvgIpc) is 2.49. The molecule has 4 heteroatoms. The quantitative estimate of drug-likeness (QED) is 0.921. The Morgan fingerprint density at radius 3 is 2.76 bits per heavy atom. The third-order valence-corrected chi connectivity index (χ3v) is 4.34. The summed E-state index contributed by atoms with van der Waals surface area (Å²) < 4.78 is 14.5. The maximum Gasteiger partial charge on any atom is 0.154 e. The van der Waals surface area contributed by atoms with Crippen LogP contribution in [0.25, 0.3) is 0 Å². The minimum atomic E-state index is -0.339. The fourth-order valence-corrected chi connectivity index (χ4v) is 2.99. The normalized spacial score (nSPS) is 17.3. The number of fused-ring (bicyclic) bond motifs is 1. The zero-order valence-electron chi connectivity index (χ0n) is 11.4. The van der Waals surface area contributed by atoms with Gasteiger partial charge in [-0.3, -0.25) is 4.79 Å². The third-order valence-electron chi connectivity index (χ3n) is 3.85. The minimum absolute atomic E-state index is 0.0331. The molecule has 21 heavy (non-hydrogen) atoms. The maximum absolute atomic E-state index is 13.8. The number of benzene rings is 2. The molecule has 0 saturated carbocycles. The first-order valence-electron chi connectivity index (χ1n) is 6.90. The predicted molar refractivity (Wildman–Crippen MR) is 83.6 cm³/mol. The van der Waals surface area contributed by atoms with Gasteiger partial charge >= 0.3 is 0 Å². The van der Waals surface area contributed by atoms with Gasteiger partial charge in [-0.2, -0.15) is 0 Å². The van der Waals surface area contributed by atoms with E-state index in [4.69, 9.17) is 0 Å². The van der Waals surface area contributed by atoms with Gasteiger partial charge < -0.3 is 5.32 Å². The molecule has 0 fully saturated rings. The second-order valence-corrected chi connectivity index (χ2v) is 6.20. The van der Waals surface area contributed by atoms with Gasteiger partial charge in [-0.1, -0.05) is 46.3 Å². The summed E-state index contributed by atoms with van der Waals surface area (Å²) in [5.41, 5.74) is 2.88. The van der Waals surface area contributed by atoms with Crippen molar-refractivity contribution in [2.45, 2.75) is 25.4 Å². The second kappa shape index (κ2) is 6.08. The third kappa shape index (κ3) is 3.22. The molecule has 1 atom stereocenters. The molecule has 1 aliphatic rings. The lowest BCUT2D eigenvalue weighted by Gasteiger charge is -2.25. The van der Waals surface area contributed by atoms with Gasteiger partial charge in [0.1, 0.15) is 5.82 Å². The molecule has 0 radical (unpaired) electrons. The molecule has 0 aromatic heterocycles. The van der Waals surface area contributed by atoms with Crippen molar-refractivity contribution >= 4 is 21.7 Å². The van der Waals surface area contributed by atoms with Crippen molar-refractivity contribution in [2.75, 3.05) is 0 Å². The van der Waals surface area contributed by atoms with Crippen LogP contribution in [0.1, 0.15) is 16.7 Å². The van der Waals surface area contributed by atoms with E-state index in [1.54, 1.807) is 12.1 Å². The fraction of sp³-hybridized carbons (Fsp3) is 0.235. The lowest BCUT2D eigenvalue weighted by Crippen LogP contribution is -2.42. The number of hydrogen-bond donors (Lipinski definition) is 1. The zero-order chi connectivity index (χ0) is 14.8. The Bertz CT molecular complexity index is 686. The van der Waals surface area contributed by atoms with Gasteiger partial charge in [-0.05, 0) is 35.2 Å². The summed E-state index contributed by atoms with van der Waals surface area (Å²) in [5, 5.41) is 3.24. The molecule has 108 valence electrons. The fourth-order valence-electron chi connectivity index (χ4n) is 2.66. The largest absolute Gasteiger partial charge is 0.303 e. The SMILES string of the molecule is O=C(Cc1ccc(Br)cc1F)C1Cc2ccccc2CN1. The van der Waals surface area contributed by atoms with Crippen LogP contribution in [-0.4, -0.2) is 11.8 Å². The van der Waals surface area contributed by atoms with Crippen molar-refractivity contribution in [1.82, 2.24) is 5.32 Å². The van der Waals surface area contributed by atoms with Crippen molar-refractivity contribution < 1.29 is 9.18 Å². The Balaban J connectivity index is 1.72. The molecule has 0 spiro atoms. The highest BCUT2D eigenvalue weighted by Gasteiger charge is 2.24. The molecule has 2 aromatic rings. The number of rotatable bonds is 3. The highest BCUT2D eigenvalue weighted by molar-refractivity contribution is 9.10. The van der Waals surface area contributed by atoms with Crippen LogP contribution in [0.4, 0.5) is 4.39 Å². The summed E-state index contributed by atoms with van der Waals surface area (Å²) in [4.78, 5) is 12.4. The van der Waals surface area contributed by atoms with E-state index in [2.05, 4.69) is 33.4 Å². The van der Waals surface area contributed by atoms with Gasteiger partial charge in [0.25, 0.3) is 0 Å². The van der Waals surface area contributed by atoms with Crippen LogP contribution in [-0.2, 0) is 24.2 Å². The lowest BCUT2D eigenvalue weighted by atomic mass is 9.91. The Labute approximate surface area is 131 Å². The number of nitrogens with one attached hydrogen (secondary N) is 1. The Morgan fingerprint density at radius 2 is 2.00 bits per heavy atom. The van der Waals surface area contributed by atoms with E-state index in [0.29, 0.717) is 23.0 Å². The molecule has 0 aliphatic carbocycles. The van der Waals surface area contributed by atoms with Crippen molar-refractivity contribution in [1.29, 1.82) is 0 Å². The van der Waals surface area contributed by atoms with Gasteiger partial charge in [0.05, 0.1) is 6.04 Å². The first kappa shape index (κ1) is 14.4. The van der Waals surface area contributed by atoms with Gasteiger partial charge in [0.15, 0.2) is 5.78 Å². The second-order valence-electron chi connectivity index (χ2n) is 5.29. The van der Waals surface area contributed by atoms with Crippen LogP contribution < -0.4 is 5.32 Å². The van der Waals surface area contributed by atoms with Crippen LogP contribution in [0.3, 0.4) is 0 Å². The Morgan fingerprint density at radius 1 is 1.24 bits per heavy atom. The molecular formula is C17H15BrFNO. The van der Waals surface area contributed by atoms with Gasteiger partial charge in [-0.15, -0.1) is 0 Å². The van der Waals surface area contributed by atoms with Crippen molar-refractivity contribution in [3.8, 4) is 0 Å². The monoisotopic (exact) mass is 347 g/mol. The van der Waals surface area contributed by atoms with Gasteiger partial charge in [0, 0.05) is 17.4 Å². The smallest absolute Gasteiger partial charge is 0.154 e. The van der Waals surface area contributed by atoms with E-state index in [1.807, 2.05) is 12.1 Å². The topological polar surface area (TPSA) is 29.1 Å². The van der Waals surface area contributed by atoms with E-state index >= 15 is 0 Å². The van der Waals surface area contributed by atoms with E-state index < -0.39 is 0 Å². The van der Waals surface area contributed by atoms with Crippen LogP contribution in [0.2, 0.25) is 0 Å². The predicted octanol–water partition coefficient (Wildman–Crippen LogP) is 3.41. The number of ketones is 1. The van der Waals surface area contributed by atoms with Crippen molar-refractivity contribution in [3.05, 3.63) is 69.4 Å². The van der Waals surface area contributed by atoms with E-state index in [9.17, 15) is 9.18 Å². The lowest BCUT2D eigenvalue weighted by molar-refractivity contribution is -0.120. The number of carbonyl (C=O) groups excluding carboxylic acids is 1. The Kier molecular flexibility index (Phi) is 4.17. The zero-order valence-corrected chi connectivity index (χ0v) is 13.0. The molecular weight excluding hydrogens is 333 g/mol. The highest BCUT2D eigenvalue weighted by Crippen LogP contribution is 2.19. The van der Waals surface area contributed by atoms with Gasteiger partial charge in [-0.25, -0.2) is 4.39 Å². The Hall–Kier alpha value is -1.52. The number of halogens is 2. The maximum atomic E-state index is 13.8. The van der Waals surface area contributed by atoms with Gasteiger partial charge in [0.2, 0.25) is 0 Å². The molecule has 2 aromatic carbocycles. The van der Waals surface area contributed by atoms with Crippen LogP contribution in [0.5, 0.6) is 0 Å². The first-order valence-corrected chi connectivity index (χ1v) is 7.69. The van der Waals surface area contributed by atoms with Crippen LogP contribution >= 0.6 is 15.9 Å². The summed E-state index contributed by atoms with van der Waals surface area (Å²) >= 11 is 3.22. The van der Waals surface area contributed by atoms with E-state index in [1.165, 1.54) is 17.2 Å². The molecule has 2 nitrogen and oxygen atoms in total. The molecule has 0 amide bonds. The molecule has 0 bridgehead atoms. The standard InChI is InChI=1S/C17H15BrFNO/c18-14-6-5-12(15(19)9-14)8-17(21)16-7-11-3-1-2-4-13(11)10-20-16/h1-6,9,16,20H,7-8,10H2. The van der Waals surface area contributed by atoms with Crippen LogP contribution in [0.15, 0.2) is 46.9 Å². The minimum Gasteiger partial charge on any atom is -0.303 e. The summed E-state index contributed by atoms with van der Waals surface area (Å²) in [7, 11) is 0. The molecule has 1 N–H and O–H groups in total.